The SMILES string of the molecule is CCc1ccc(F)c(NSN2CCC2)c1F.C[N-]C.O=c1[nH]c(=O)c2ncc(O)cc2o1.[Y]. The number of benzene rings is 1. The van der Waals surface area contributed by atoms with E-state index in [0.29, 0.717) is 12.0 Å². The van der Waals surface area contributed by atoms with E-state index in [-0.39, 0.29) is 55.2 Å². The fourth-order valence-electron chi connectivity index (χ4n) is 2.41. The maximum Gasteiger partial charge on any atom is 0.419 e. The standard InChI is InChI=1S/C11H14F2N2S.C7H4N2O4.C2H6N.Y/c1-2-8-4-5-9(12)11(10(8)13)14-16-15-6-3-7-15;10-3-1-4-5(8-2-3)6(11)9-7(12)13-4;1-3-2;/h4-5,14H,2-3,6-7H2,1H3;1-2,10H,(H,9,11,12);1-2H3;/q;;-1;. The first kappa shape index (κ1) is 29.2. The quantitative estimate of drug-likeness (QED) is 0.417. The van der Waals surface area contributed by atoms with Crippen molar-refractivity contribution in [3.8, 4) is 5.75 Å². The number of hydrogen-bond donors (Lipinski definition) is 3. The number of halogens is 2. The van der Waals surface area contributed by atoms with Gasteiger partial charge < -0.3 is 19.6 Å². The van der Waals surface area contributed by atoms with Gasteiger partial charge in [0.2, 0.25) is 0 Å². The van der Waals surface area contributed by atoms with Crippen LogP contribution in [0.4, 0.5) is 14.5 Å². The molecule has 33 heavy (non-hydrogen) atoms. The van der Waals surface area contributed by atoms with Gasteiger partial charge in [-0.2, -0.15) is 14.1 Å². The van der Waals surface area contributed by atoms with E-state index in [1.807, 2.05) is 16.2 Å². The zero-order valence-corrected chi connectivity index (χ0v) is 22.0. The molecule has 3 aromatic rings. The first-order chi connectivity index (χ1) is 15.3. The summed E-state index contributed by atoms with van der Waals surface area (Å²) < 4.78 is 36.5. The van der Waals surface area contributed by atoms with Gasteiger partial charge >= 0.3 is 5.76 Å². The third kappa shape index (κ3) is 8.45. The molecule has 0 aliphatic carbocycles. The van der Waals surface area contributed by atoms with Crippen LogP contribution in [0.1, 0.15) is 18.9 Å². The molecule has 3 heterocycles. The summed E-state index contributed by atoms with van der Waals surface area (Å²) in [5, 5.41) is 12.5. The molecule has 9 nitrogen and oxygen atoms in total. The zero-order chi connectivity index (χ0) is 23.7. The van der Waals surface area contributed by atoms with E-state index in [0.717, 1.165) is 31.8 Å². The van der Waals surface area contributed by atoms with Gasteiger partial charge in [0.25, 0.3) is 5.56 Å². The molecule has 1 aliphatic rings. The molecule has 0 unspecified atom stereocenters. The van der Waals surface area contributed by atoms with E-state index in [1.165, 1.54) is 24.3 Å². The number of pyridine rings is 1. The topological polar surface area (TPSA) is 126 Å². The molecule has 4 rings (SSSR count). The number of hydrogen-bond acceptors (Lipinski definition) is 8. The minimum Gasteiger partial charge on any atom is -0.668 e. The number of aromatic nitrogens is 2. The van der Waals surface area contributed by atoms with E-state index in [4.69, 9.17) is 5.11 Å². The number of nitrogens with one attached hydrogen (secondary N) is 2. The van der Waals surface area contributed by atoms with Crippen molar-refractivity contribution in [2.75, 3.05) is 31.9 Å². The number of aromatic hydroxyl groups is 1. The molecule has 0 amide bonds. The smallest absolute Gasteiger partial charge is 0.419 e. The Morgan fingerprint density at radius 3 is 2.55 bits per heavy atom. The van der Waals surface area contributed by atoms with E-state index < -0.39 is 22.9 Å². The third-order valence-corrected chi connectivity index (χ3v) is 5.03. The summed E-state index contributed by atoms with van der Waals surface area (Å²) in [7, 11) is 3.50. The molecule has 177 valence electrons. The van der Waals surface area contributed by atoms with Crippen molar-refractivity contribution >= 4 is 28.9 Å². The van der Waals surface area contributed by atoms with Gasteiger partial charge in [-0.15, -0.1) is 0 Å². The molecule has 13 heteroatoms. The summed E-state index contributed by atoms with van der Waals surface area (Å²) >= 11 is 1.27. The predicted octanol–water partition coefficient (Wildman–Crippen LogP) is 3.41. The first-order valence-electron chi connectivity index (χ1n) is 9.65. The van der Waals surface area contributed by atoms with Gasteiger partial charge in [-0.1, -0.05) is 13.0 Å². The van der Waals surface area contributed by atoms with Crippen LogP contribution in [0.5, 0.6) is 5.75 Å². The molecular formula is C20H24F2N5O4SY-. The molecule has 0 saturated carbocycles. The largest absolute Gasteiger partial charge is 0.668 e. The number of fused-ring (bicyclic) bond motifs is 1. The Hall–Kier alpha value is -1.86. The maximum atomic E-state index is 13.8. The number of rotatable bonds is 4. The van der Waals surface area contributed by atoms with Crippen LogP contribution < -0.4 is 16.0 Å². The van der Waals surface area contributed by atoms with Gasteiger partial charge in [-0.05, 0) is 24.5 Å². The Morgan fingerprint density at radius 2 is 1.97 bits per heavy atom. The molecule has 3 N–H and O–H groups in total. The van der Waals surface area contributed by atoms with Crippen LogP contribution in [-0.2, 0) is 39.1 Å². The van der Waals surface area contributed by atoms with Gasteiger partial charge in [-0.25, -0.2) is 22.9 Å². The predicted molar refractivity (Wildman–Crippen MR) is 121 cm³/mol. The van der Waals surface area contributed by atoms with Crippen LogP contribution in [-0.4, -0.2) is 46.6 Å². The molecule has 0 spiro atoms. The van der Waals surface area contributed by atoms with Gasteiger partial charge in [0.1, 0.15) is 17.3 Å². The summed E-state index contributed by atoms with van der Waals surface area (Å²) in [5.74, 6) is -2.05. The summed E-state index contributed by atoms with van der Waals surface area (Å²) in [6, 6.07) is 3.95. The molecule has 0 atom stereocenters. The number of aryl methyl sites for hydroxylation is 1. The Labute approximate surface area is 218 Å². The minimum absolute atomic E-state index is 0. The number of nitrogens with zero attached hydrogens (tertiary/aromatic N) is 3. The van der Waals surface area contributed by atoms with Gasteiger partial charge in [-0.3, -0.25) is 9.78 Å². The van der Waals surface area contributed by atoms with Crippen molar-refractivity contribution in [1.29, 1.82) is 0 Å². The summed E-state index contributed by atoms with van der Waals surface area (Å²) in [4.78, 5) is 27.2. The van der Waals surface area contributed by atoms with Crippen molar-refractivity contribution in [2.24, 2.45) is 0 Å². The van der Waals surface area contributed by atoms with Gasteiger partial charge in [0.15, 0.2) is 16.9 Å². The average molecular weight is 557 g/mol. The first-order valence-corrected chi connectivity index (χ1v) is 10.4. The summed E-state index contributed by atoms with van der Waals surface area (Å²) in [6.45, 7) is 3.78. The van der Waals surface area contributed by atoms with Crippen LogP contribution in [0.2, 0.25) is 0 Å². The van der Waals surface area contributed by atoms with Gasteiger partial charge in [0, 0.05) is 64.0 Å². The van der Waals surface area contributed by atoms with E-state index in [1.54, 1.807) is 14.1 Å². The van der Waals surface area contributed by atoms with Gasteiger partial charge in [0.05, 0.1) is 6.20 Å². The van der Waals surface area contributed by atoms with E-state index in [9.17, 15) is 18.4 Å². The number of anilines is 1. The second-order valence-corrected chi connectivity index (χ2v) is 7.46. The zero-order valence-electron chi connectivity index (χ0n) is 18.4. The van der Waals surface area contributed by atoms with Crippen molar-refractivity contribution in [3.63, 3.8) is 0 Å². The van der Waals surface area contributed by atoms with Crippen molar-refractivity contribution in [2.45, 2.75) is 19.8 Å². The Balaban J connectivity index is 0.000000291. The molecule has 1 aliphatic heterocycles. The van der Waals surface area contributed by atoms with Crippen LogP contribution >= 0.6 is 12.1 Å². The Morgan fingerprint density at radius 1 is 1.30 bits per heavy atom. The monoisotopic (exact) mass is 557 g/mol. The summed E-state index contributed by atoms with van der Waals surface area (Å²) in [5.41, 5.74) is -0.179. The second-order valence-electron chi connectivity index (χ2n) is 6.56. The maximum absolute atomic E-state index is 13.8. The molecule has 1 aromatic carbocycles. The third-order valence-electron chi connectivity index (χ3n) is 4.12. The average Bonchev–Trinajstić information content (AvgIpc) is 2.70. The molecule has 1 radical (unpaired) electrons. The molecular weight excluding hydrogens is 533 g/mol. The van der Waals surface area contributed by atoms with Crippen LogP contribution in [0.25, 0.3) is 16.4 Å². The molecule has 1 fully saturated rings. The molecule has 2 aromatic heterocycles. The van der Waals surface area contributed by atoms with Crippen molar-refractivity contribution in [1.82, 2.24) is 14.3 Å². The number of H-pyrrole nitrogens is 1. The second kappa shape index (κ2) is 14.4. The number of aromatic amines is 1. The van der Waals surface area contributed by atoms with Crippen LogP contribution in [0.3, 0.4) is 0 Å². The molecule has 0 bridgehead atoms. The minimum atomic E-state index is -0.870. The Kier molecular flexibility index (Phi) is 12.7. The normalized spacial score (nSPS) is 12.4. The summed E-state index contributed by atoms with van der Waals surface area (Å²) in [6.07, 6.45) is 2.81. The van der Waals surface area contributed by atoms with E-state index >= 15 is 0 Å². The van der Waals surface area contributed by atoms with Crippen LogP contribution in [0, 0.1) is 11.6 Å². The molecule has 1 saturated heterocycles. The fraction of sp³-hybridized carbons (Fsp3) is 0.350. The Bertz CT molecular complexity index is 1160. The van der Waals surface area contributed by atoms with Crippen LogP contribution in [0.15, 0.2) is 38.4 Å². The van der Waals surface area contributed by atoms with E-state index in [2.05, 4.69) is 19.4 Å². The fourth-order valence-corrected chi connectivity index (χ4v) is 3.26. The van der Waals surface area contributed by atoms with Crippen molar-refractivity contribution in [3.05, 3.63) is 67.8 Å². The van der Waals surface area contributed by atoms with Crippen molar-refractivity contribution < 1.29 is 51.0 Å².